The van der Waals surface area contributed by atoms with Crippen molar-refractivity contribution in [2.75, 3.05) is 0 Å². The first-order valence-corrected chi connectivity index (χ1v) is 6.66. The van der Waals surface area contributed by atoms with E-state index in [9.17, 15) is 0 Å². The van der Waals surface area contributed by atoms with Crippen LogP contribution in [0.5, 0.6) is 0 Å². The molecule has 0 aliphatic carbocycles. The summed E-state index contributed by atoms with van der Waals surface area (Å²) in [5.41, 5.74) is 4.35. The van der Waals surface area contributed by atoms with Crippen molar-refractivity contribution in [3.63, 3.8) is 0 Å². The van der Waals surface area contributed by atoms with Crippen LogP contribution >= 0.6 is 12.2 Å². The number of aryl methyl sites for hydroxylation is 1. The average Bonchev–Trinajstić information content (AvgIpc) is 3.00. The van der Waals surface area contributed by atoms with E-state index in [1.165, 1.54) is 0 Å². The van der Waals surface area contributed by atoms with E-state index in [2.05, 4.69) is 38.7 Å². The Morgan fingerprint density at radius 3 is 2.81 bits per heavy atom. The molecule has 4 nitrogen and oxygen atoms in total. The SMILES string of the molecule is Cc1ccc(N=C=S)cc1-c1n[c]oc1-c1ccncc1. The Kier molecular flexibility index (Phi) is 3.69. The van der Waals surface area contributed by atoms with Gasteiger partial charge in [-0.05, 0) is 49.0 Å². The van der Waals surface area contributed by atoms with Crippen molar-refractivity contribution < 1.29 is 4.42 Å². The van der Waals surface area contributed by atoms with Crippen LogP contribution in [0.15, 0.2) is 52.1 Å². The van der Waals surface area contributed by atoms with Crippen LogP contribution in [0.25, 0.3) is 22.6 Å². The van der Waals surface area contributed by atoms with Crippen molar-refractivity contribution in [1.82, 2.24) is 9.97 Å². The Balaban J connectivity index is 2.16. The van der Waals surface area contributed by atoms with Crippen LogP contribution in [0.2, 0.25) is 0 Å². The van der Waals surface area contributed by atoms with E-state index in [1.54, 1.807) is 12.4 Å². The first-order valence-electron chi connectivity index (χ1n) is 6.26. The third kappa shape index (κ3) is 2.65. The summed E-state index contributed by atoms with van der Waals surface area (Å²) in [4.78, 5) is 12.2. The van der Waals surface area contributed by atoms with Crippen LogP contribution in [0.3, 0.4) is 0 Å². The highest BCUT2D eigenvalue weighted by Crippen LogP contribution is 2.34. The molecule has 0 aliphatic heterocycles. The predicted octanol–water partition coefficient (Wildman–Crippen LogP) is 4.25. The number of benzene rings is 1. The number of hydrogen-bond donors (Lipinski definition) is 0. The average molecular weight is 292 g/mol. The van der Waals surface area contributed by atoms with Crippen LogP contribution in [0.4, 0.5) is 5.69 Å². The van der Waals surface area contributed by atoms with Crippen LogP contribution in [0, 0.1) is 13.3 Å². The number of rotatable bonds is 3. The van der Waals surface area contributed by atoms with Gasteiger partial charge in [-0.15, -0.1) is 0 Å². The van der Waals surface area contributed by atoms with Crippen molar-refractivity contribution in [3.05, 3.63) is 54.7 Å². The monoisotopic (exact) mass is 292 g/mol. The van der Waals surface area contributed by atoms with Crippen LogP contribution < -0.4 is 0 Å². The van der Waals surface area contributed by atoms with Gasteiger partial charge in [0.1, 0.15) is 5.69 Å². The van der Waals surface area contributed by atoms with Gasteiger partial charge in [-0.25, -0.2) is 4.98 Å². The maximum Gasteiger partial charge on any atom is 0.284 e. The van der Waals surface area contributed by atoms with Crippen LogP contribution in [0.1, 0.15) is 5.56 Å². The fourth-order valence-corrected chi connectivity index (χ4v) is 2.19. The molecule has 101 valence electrons. The minimum atomic E-state index is 0.656. The lowest BCUT2D eigenvalue weighted by atomic mass is 10.0. The van der Waals surface area contributed by atoms with Gasteiger partial charge in [-0.3, -0.25) is 4.98 Å². The van der Waals surface area contributed by atoms with Crippen molar-refractivity contribution in [3.8, 4) is 22.6 Å². The molecule has 2 aromatic heterocycles. The molecule has 0 aliphatic rings. The van der Waals surface area contributed by atoms with Crippen molar-refractivity contribution in [2.45, 2.75) is 6.92 Å². The number of isothiocyanates is 1. The first kappa shape index (κ1) is 13.4. The fourth-order valence-electron chi connectivity index (χ4n) is 2.08. The molecule has 0 fully saturated rings. The molecule has 3 aromatic rings. The summed E-state index contributed by atoms with van der Waals surface area (Å²) >= 11 is 4.65. The summed E-state index contributed by atoms with van der Waals surface area (Å²) < 4.78 is 5.43. The van der Waals surface area contributed by atoms with Gasteiger partial charge in [0.2, 0.25) is 0 Å². The Labute approximate surface area is 127 Å². The third-order valence-corrected chi connectivity index (χ3v) is 3.21. The van der Waals surface area contributed by atoms with E-state index >= 15 is 0 Å². The second-order valence-corrected chi connectivity index (χ2v) is 4.60. The van der Waals surface area contributed by atoms with Gasteiger partial charge < -0.3 is 4.42 Å². The Morgan fingerprint density at radius 2 is 2.05 bits per heavy atom. The molecular formula is C16H10N3OS. The molecule has 0 saturated heterocycles. The molecule has 0 atom stereocenters. The van der Waals surface area contributed by atoms with Crippen LogP contribution in [-0.4, -0.2) is 15.1 Å². The first-order chi connectivity index (χ1) is 10.3. The molecule has 3 rings (SSSR count). The van der Waals surface area contributed by atoms with E-state index < -0.39 is 0 Å². The summed E-state index contributed by atoms with van der Waals surface area (Å²) in [5.74, 6) is 0.656. The second kappa shape index (κ2) is 5.79. The maximum absolute atomic E-state index is 5.43. The predicted molar refractivity (Wildman–Crippen MR) is 83.4 cm³/mol. The van der Waals surface area contributed by atoms with Gasteiger partial charge in [0.25, 0.3) is 6.39 Å². The zero-order valence-corrected chi connectivity index (χ0v) is 12.0. The molecule has 0 N–H and O–H groups in total. The number of hydrogen-bond acceptors (Lipinski definition) is 5. The number of aromatic nitrogens is 2. The standard InChI is InChI=1S/C16H10N3OS/c1-11-2-3-13(19-10-21)8-14(11)15-16(20-9-18-15)12-4-6-17-7-5-12/h2-8H,1H3. The third-order valence-electron chi connectivity index (χ3n) is 3.11. The quantitative estimate of drug-likeness (QED) is 0.535. The summed E-state index contributed by atoms with van der Waals surface area (Å²) in [7, 11) is 0. The summed E-state index contributed by atoms with van der Waals surface area (Å²) in [6, 6.07) is 9.49. The maximum atomic E-state index is 5.43. The second-order valence-electron chi connectivity index (χ2n) is 4.42. The molecule has 21 heavy (non-hydrogen) atoms. The number of nitrogens with zero attached hydrogens (tertiary/aromatic N) is 3. The molecule has 0 unspecified atom stereocenters. The molecule has 1 aromatic carbocycles. The zero-order valence-electron chi connectivity index (χ0n) is 11.2. The Hall–Kier alpha value is -2.62. The van der Waals surface area contributed by atoms with Gasteiger partial charge in [-0.1, -0.05) is 6.07 Å². The molecule has 0 saturated carbocycles. The van der Waals surface area contributed by atoms with Crippen molar-refractivity contribution in [1.29, 1.82) is 0 Å². The Morgan fingerprint density at radius 1 is 1.24 bits per heavy atom. The normalized spacial score (nSPS) is 10.1. The van der Waals surface area contributed by atoms with E-state index in [1.807, 2.05) is 37.3 Å². The number of oxazole rings is 1. The van der Waals surface area contributed by atoms with E-state index in [4.69, 9.17) is 4.42 Å². The number of pyridine rings is 1. The minimum Gasteiger partial charge on any atom is -0.432 e. The molecular weight excluding hydrogens is 282 g/mol. The Bertz CT molecular complexity index is 821. The highest BCUT2D eigenvalue weighted by Gasteiger charge is 2.15. The van der Waals surface area contributed by atoms with E-state index in [0.29, 0.717) is 5.76 Å². The molecule has 0 spiro atoms. The van der Waals surface area contributed by atoms with E-state index in [0.717, 1.165) is 28.1 Å². The summed E-state index contributed by atoms with van der Waals surface area (Å²) in [6.07, 6.45) is 5.98. The molecule has 5 heteroatoms. The molecule has 1 radical (unpaired) electrons. The molecule has 0 bridgehead atoms. The summed E-state index contributed by atoms with van der Waals surface area (Å²) in [5, 5.41) is 2.37. The van der Waals surface area contributed by atoms with Gasteiger partial charge >= 0.3 is 0 Å². The van der Waals surface area contributed by atoms with Gasteiger partial charge in [-0.2, -0.15) is 4.99 Å². The van der Waals surface area contributed by atoms with E-state index in [-0.39, 0.29) is 0 Å². The lowest BCUT2D eigenvalue weighted by molar-refractivity contribution is 0.562. The number of aliphatic imine (C=N–C) groups is 1. The van der Waals surface area contributed by atoms with Crippen LogP contribution in [-0.2, 0) is 0 Å². The van der Waals surface area contributed by atoms with Crippen molar-refractivity contribution >= 4 is 23.1 Å². The van der Waals surface area contributed by atoms with Gasteiger partial charge in [0.15, 0.2) is 5.76 Å². The highest BCUT2D eigenvalue weighted by molar-refractivity contribution is 7.78. The van der Waals surface area contributed by atoms with Gasteiger partial charge in [0, 0.05) is 23.5 Å². The molecule has 0 amide bonds. The van der Waals surface area contributed by atoms with Crippen molar-refractivity contribution in [2.24, 2.45) is 4.99 Å². The minimum absolute atomic E-state index is 0.656. The highest BCUT2D eigenvalue weighted by atomic mass is 32.1. The summed E-state index contributed by atoms with van der Waals surface area (Å²) in [6.45, 7) is 2.01. The zero-order chi connectivity index (χ0) is 14.7. The largest absolute Gasteiger partial charge is 0.432 e. The lowest BCUT2D eigenvalue weighted by Crippen LogP contribution is -1.86. The lowest BCUT2D eigenvalue weighted by Gasteiger charge is -2.06. The molecule has 2 heterocycles. The smallest absolute Gasteiger partial charge is 0.284 e. The number of thiocarbonyl (C=S) groups is 1. The van der Waals surface area contributed by atoms with Gasteiger partial charge in [0.05, 0.1) is 10.8 Å². The fraction of sp³-hybridized carbons (Fsp3) is 0.0625. The topological polar surface area (TPSA) is 51.3 Å².